The molecule has 37 heavy (non-hydrogen) atoms. The summed E-state index contributed by atoms with van der Waals surface area (Å²) in [4.78, 5) is 15.2. The quantitative estimate of drug-likeness (QED) is 0.299. The van der Waals surface area contributed by atoms with Crippen molar-refractivity contribution in [1.29, 1.82) is 0 Å². The zero-order chi connectivity index (χ0) is 25.2. The molecular weight excluding hydrogens is 482 g/mol. The fourth-order valence-electron chi connectivity index (χ4n) is 5.09. The van der Waals surface area contributed by atoms with E-state index < -0.39 is 0 Å². The van der Waals surface area contributed by atoms with E-state index in [1.165, 1.54) is 26.8 Å². The van der Waals surface area contributed by atoms with E-state index in [0.717, 1.165) is 35.5 Å². The molecule has 0 aliphatic carbocycles. The van der Waals surface area contributed by atoms with Gasteiger partial charge >= 0.3 is 0 Å². The maximum Gasteiger partial charge on any atom is 0.223 e. The zero-order valence-corrected chi connectivity index (χ0v) is 21.9. The minimum absolute atomic E-state index is 0.0117. The van der Waals surface area contributed by atoms with Gasteiger partial charge in [-0.05, 0) is 48.1 Å². The van der Waals surface area contributed by atoms with Crippen molar-refractivity contribution in [3.05, 3.63) is 82.7 Å². The Morgan fingerprint density at radius 1 is 1.11 bits per heavy atom. The molecule has 0 spiro atoms. The lowest BCUT2D eigenvalue weighted by Crippen LogP contribution is -2.32. The third-order valence-corrected chi connectivity index (χ3v) is 8.14. The van der Waals surface area contributed by atoms with Crippen LogP contribution in [-0.4, -0.2) is 43.3 Å². The first-order valence-electron chi connectivity index (χ1n) is 13.0. The maximum atomic E-state index is 13.3. The molecule has 6 heteroatoms. The highest BCUT2D eigenvalue weighted by atomic mass is 32.1. The van der Waals surface area contributed by atoms with Crippen molar-refractivity contribution >= 4 is 27.3 Å². The molecule has 0 N–H and O–H groups in total. The van der Waals surface area contributed by atoms with E-state index >= 15 is 0 Å². The number of hydrogen-bond donors (Lipinski definition) is 0. The third-order valence-electron chi connectivity index (χ3n) is 7.17. The fraction of sp³-hybridized carbons (Fsp3) is 0.323. The van der Waals surface area contributed by atoms with E-state index in [9.17, 15) is 4.79 Å². The molecule has 4 aromatic rings. The van der Waals surface area contributed by atoms with Gasteiger partial charge in [0.25, 0.3) is 0 Å². The molecule has 3 aromatic carbocycles. The Balaban J connectivity index is 1.30. The molecule has 2 aliphatic rings. The summed E-state index contributed by atoms with van der Waals surface area (Å²) in [7, 11) is 0. The fourth-order valence-corrected chi connectivity index (χ4v) is 6.06. The van der Waals surface area contributed by atoms with E-state index in [0.29, 0.717) is 39.3 Å². The zero-order valence-electron chi connectivity index (χ0n) is 21.1. The van der Waals surface area contributed by atoms with Crippen molar-refractivity contribution in [1.82, 2.24) is 4.90 Å². The summed E-state index contributed by atoms with van der Waals surface area (Å²) in [5, 5.41) is 3.43. The number of amides is 1. The lowest BCUT2D eigenvalue weighted by Gasteiger charge is -2.21. The lowest BCUT2D eigenvalue weighted by atomic mass is 10.0. The van der Waals surface area contributed by atoms with E-state index in [1.54, 1.807) is 11.3 Å². The summed E-state index contributed by atoms with van der Waals surface area (Å²) in [6.45, 7) is 4.89. The van der Waals surface area contributed by atoms with Gasteiger partial charge in [0.05, 0.1) is 19.8 Å². The Morgan fingerprint density at radius 2 is 1.97 bits per heavy atom. The van der Waals surface area contributed by atoms with Gasteiger partial charge in [0.1, 0.15) is 12.7 Å². The van der Waals surface area contributed by atoms with E-state index in [1.807, 2.05) is 4.90 Å². The Labute approximate surface area is 221 Å². The molecule has 0 radical (unpaired) electrons. The van der Waals surface area contributed by atoms with Gasteiger partial charge in [-0.1, -0.05) is 48.0 Å². The van der Waals surface area contributed by atoms with Crippen LogP contribution in [0.4, 0.5) is 0 Å². The number of carbonyl (C=O) groups excluding carboxylic acids is 1. The summed E-state index contributed by atoms with van der Waals surface area (Å²) >= 11 is 1.74. The van der Waals surface area contributed by atoms with Gasteiger partial charge in [-0.25, -0.2) is 0 Å². The van der Waals surface area contributed by atoms with Crippen molar-refractivity contribution in [2.24, 2.45) is 0 Å². The van der Waals surface area contributed by atoms with Gasteiger partial charge in [-0.2, -0.15) is 0 Å². The van der Waals surface area contributed by atoms with Crippen molar-refractivity contribution in [3.8, 4) is 22.6 Å². The summed E-state index contributed by atoms with van der Waals surface area (Å²) in [5.41, 5.74) is 5.67. The van der Waals surface area contributed by atoms with Crippen molar-refractivity contribution < 1.29 is 19.0 Å². The number of thiophene rings is 1. The highest BCUT2D eigenvalue weighted by Crippen LogP contribution is 2.42. The van der Waals surface area contributed by atoms with Crippen molar-refractivity contribution in [2.45, 2.75) is 38.8 Å². The van der Waals surface area contributed by atoms with Gasteiger partial charge in [-0.15, -0.1) is 11.3 Å². The first kappa shape index (κ1) is 24.0. The summed E-state index contributed by atoms with van der Waals surface area (Å²) < 4.78 is 19.5. The molecular formula is C31H31NO4S. The molecule has 190 valence electrons. The smallest absolute Gasteiger partial charge is 0.223 e. The standard InChI is InChI=1S/C31H31NO4S/c1-21-6-8-22(9-7-21)10-11-30(33)32-13-15-35-31-24(18-32)16-23(17-28(31)36-25-12-14-34-19-25)27-20-37-29-5-3-2-4-26(27)29/h2-9,16-17,20,25H,10-15,18-19H2,1H3/t25-/m1/s1. The molecule has 6 rings (SSSR count). The van der Waals surface area contributed by atoms with Gasteiger partial charge in [0.15, 0.2) is 11.5 Å². The maximum absolute atomic E-state index is 13.3. The summed E-state index contributed by atoms with van der Waals surface area (Å²) in [6.07, 6.45) is 2.10. The number of carbonyl (C=O) groups is 1. The van der Waals surface area contributed by atoms with Crippen LogP contribution < -0.4 is 9.47 Å². The molecule has 0 saturated carbocycles. The second-order valence-corrected chi connectivity index (χ2v) is 10.8. The normalized spacial score (nSPS) is 17.3. The molecule has 3 heterocycles. The molecule has 0 unspecified atom stereocenters. The molecule has 5 nitrogen and oxygen atoms in total. The molecule has 1 aromatic heterocycles. The monoisotopic (exact) mass is 513 g/mol. The van der Waals surface area contributed by atoms with Crippen LogP contribution >= 0.6 is 11.3 Å². The number of benzene rings is 3. The Bertz CT molecular complexity index is 1400. The van der Waals surface area contributed by atoms with E-state index in [-0.39, 0.29) is 12.0 Å². The third kappa shape index (κ3) is 5.22. The van der Waals surface area contributed by atoms with Crippen LogP contribution in [0.2, 0.25) is 0 Å². The highest BCUT2D eigenvalue weighted by Gasteiger charge is 2.26. The number of nitrogens with zero attached hydrogens (tertiary/aromatic N) is 1. The topological polar surface area (TPSA) is 48.0 Å². The van der Waals surface area contributed by atoms with E-state index in [4.69, 9.17) is 14.2 Å². The molecule has 2 aliphatic heterocycles. The number of ether oxygens (including phenoxy) is 3. The first-order chi connectivity index (χ1) is 18.1. The van der Waals surface area contributed by atoms with Crippen LogP contribution in [0.3, 0.4) is 0 Å². The Kier molecular flexibility index (Phi) is 6.85. The predicted molar refractivity (Wildman–Crippen MR) is 148 cm³/mol. The summed E-state index contributed by atoms with van der Waals surface area (Å²) in [5.74, 6) is 1.64. The molecule has 1 fully saturated rings. The van der Waals surface area contributed by atoms with Crippen LogP contribution in [0.25, 0.3) is 21.2 Å². The molecule has 0 bridgehead atoms. The minimum atomic E-state index is 0.0117. The number of hydrogen-bond acceptors (Lipinski definition) is 5. The summed E-state index contributed by atoms with van der Waals surface area (Å²) in [6, 6.07) is 21.1. The first-order valence-corrected chi connectivity index (χ1v) is 13.9. The number of fused-ring (bicyclic) bond motifs is 2. The van der Waals surface area contributed by atoms with Crippen LogP contribution in [0.15, 0.2) is 66.0 Å². The Morgan fingerprint density at radius 3 is 2.81 bits per heavy atom. The van der Waals surface area contributed by atoms with Crippen molar-refractivity contribution in [3.63, 3.8) is 0 Å². The average molecular weight is 514 g/mol. The Hall–Kier alpha value is -3.35. The highest BCUT2D eigenvalue weighted by molar-refractivity contribution is 7.17. The molecule has 1 saturated heterocycles. The van der Waals surface area contributed by atoms with Crippen molar-refractivity contribution in [2.75, 3.05) is 26.4 Å². The SMILES string of the molecule is Cc1ccc(CCC(=O)N2CCOc3c(cc(-c4csc5ccccc45)cc3O[C@@H]3CCOC3)C2)cc1. The van der Waals surface area contributed by atoms with Crippen LogP contribution in [0.5, 0.6) is 11.5 Å². The van der Waals surface area contributed by atoms with Gasteiger partial charge in [-0.3, -0.25) is 4.79 Å². The molecule has 1 atom stereocenters. The largest absolute Gasteiger partial charge is 0.487 e. The minimum Gasteiger partial charge on any atom is -0.487 e. The predicted octanol–water partition coefficient (Wildman–Crippen LogP) is 6.40. The second kappa shape index (κ2) is 10.6. The van der Waals surface area contributed by atoms with Crippen LogP contribution in [0, 0.1) is 6.92 Å². The lowest BCUT2D eigenvalue weighted by molar-refractivity contribution is -0.131. The van der Waals surface area contributed by atoms with E-state index in [2.05, 4.69) is 73.0 Å². The number of rotatable bonds is 6. The van der Waals surface area contributed by atoms with Crippen LogP contribution in [-0.2, 0) is 22.5 Å². The van der Waals surface area contributed by atoms with Crippen LogP contribution in [0.1, 0.15) is 29.5 Å². The number of aryl methyl sites for hydroxylation is 2. The van der Waals surface area contributed by atoms with Gasteiger partial charge < -0.3 is 19.1 Å². The molecule has 1 amide bonds. The second-order valence-electron chi connectivity index (χ2n) is 9.86. The van der Waals surface area contributed by atoms with Gasteiger partial charge in [0.2, 0.25) is 5.91 Å². The van der Waals surface area contributed by atoms with Gasteiger partial charge in [0, 0.05) is 40.6 Å². The average Bonchev–Trinajstić information content (AvgIpc) is 3.53.